The van der Waals surface area contributed by atoms with Crippen LogP contribution in [0.15, 0.2) is 36.7 Å². The maximum atomic E-state index is 13.4. The molecule has 0 N–H and O–H groups in total. The van der Waals surface area contributed by atoms with Crippen molar-refractivity contribution < 1.29 is 31.8 Å². The van der Waals surface area contributed by atoms with Crippen LogP contribution >= 0.6 is 0 Å². The quantitative estimate of drug-likeness (QED) is 0.525. The first-order valence-corrected chi connectivity index (χ1v) is 9.99. The standard InChI is InChI=1S/C22H17F4N5O3/c1-33-20-13(8-27)2-4-17(34-12-22(24,25)26)19(20)21(32)30-7-6-16-14(10-30)11-31(29-16)18-5-3-15(23)9-28-18/h2-5,9,11H,6-7,10,12H2,1H3. The summed E-state index contributed by atoms with van der Waals surface area (Å²) < 4.78 is 63.0. The highest BCUT2D eigenvalue weighted by Crippen LogP contribution is 2.35. The molecule has 1 aliphatic rings. The Bertz CT molecular complexity index is 1270. The SMILES string of the molecule is COc1c(C#N)ccc(OCC(F)(F)F)c1C(=O)N1CCc2nn(-c3ccc(F)cn3)cc2C1. The third kappa shape index (κ3) is 4.63. The van der Waals surface area contributed by atoms with Gasteiger partial charge in [0, 0.05) is 31.3 Å². The Hall–Kier alpha value is -4.14. The molecule has 1 amide bonds. The average Bonchev–Trinajstić information content (AvgIpc) is 3.24. The third-order valence-electron chi connectivity index (χ3n) is 5.14. The summed E-state index contributed by atoms with van der Waals surface area (Å²) in [5.41, 5.74) is 1.13. The van der Waals surface area contributed by atoms with Crippen molar-refractivity contribution in [1.82, 2.24) is 19.7 Å². The number of aromatic nitrogens is 3. The molecule has 176 valence electrons. The number of ether oxygens (including phenoxy) is 2. The van der Waals surface area contributed by atoms with Crippen molar-refractivity contribution in [3.05, 3.63) is 64.9 Å². The van der Waals surface area contributed by atoms with E-state index in [9.17, 15) is 27.6 Å². The molecule has 1 aliphatic heterocycles. The van der Waals surface area contributed by atoms with E-state index in [2.05, 4.69) is 10.1 Å². The molecule has 2 aromatic heterocycles. The van der Waals surface area contributed by atoms with E-state index in [0.717, 1.165) is 12.3 Å². The number of pyridine rings is 1. The number of fused-ring (bicyclic) bond motifs is 1. The van der Waals surface area contributed by atoms with Gasteiger partial charge in [0.25, 0.3) is 5.91 Å². The zero-order valence-corrected chi connectivity index (χ0v) is 17.8. The first kappa shape index (κ1) is 23.0. The van der Waals surface area contributed by atoms with Gasteiger partial charge < -0.3 is 14.4 Å². The monoisotopic (exact) mass is 475 g/mol. The molecule has 34 heavy (non-hydrogen) atoms. The molecule has 4 rings (SSSR count). The number of hydrogen-bond donors (Lipinski definition) is 0. The van der Waals surface area contributed by atoms with E-state index in [0.29, 0.717) is 23.5 Å². The summed E-state index contributed by atoms with van der Waals surface area (Å²) >= 11 is 0. The van der Waals surface area contributed by atoms with Crippen LogP contribution in [0.2, 0.25) is 0 Å². The summed E-state index contributed by atoms with van der Waals surface area (Å²) in [5.74, 6) is -1.25. The van der Waals surface area contributed by atoms with Crippen molar-refractivity contribution in [1.29, 1.82) is 5.26 Å². The van der Waals surface area contributed by atoms with Gasteiger partial charge in [-0.15, -0.1) is 0 Å². The number of nitrogens with zero attached hydrogens (tertiary/aromatic N) is 5. The first-order chi connectivity index (χ1) is 16.2. The molecule has 0 aliphatic carbocycles. The normalized spacial score (nSPS) is 13.2. The minimum absolute atomic E-state index is 0.0156. The lowest BCUT2D eigenvalue weighted by atomic mass is 10.0. The van der Waals surface area contributed by atoms with Crippen LogP contribution in [-0.2, 0) is 13.0 Å². The Kier molecular flexibility index (Phi) is 6.10. The van der Waals surface area contributed by atoms with E-state index in [-0.39, 0.29) is 35.7 Å². The smallest absolute Gasteiger partial charge is 0.422 e. The van der Waals surface area contributed by atoms with E-state index in [4.69, 9.17) is 9.47 Å². The van der Waals surface area contributed by atoms with Gasteiger partial charge in [-0.05, 0) is 24.3 Å². The third-order valence-corrected chi connectivity index (χ3v) is 5.14. The molecule has 0 saturated carbocycles. The van der Waals surface area contributed by atoms with Gasteiger partial charge in [-0.1, -0.05) is 0 Å². The molecule has 0 bridgehead atoms. The maximum absolute atomic E-state index is 13.4. The van der Waals surface area contributed by atoms with Crippen molar-refractivity contribution in [3.8, 4) is 23.4 Å². The van der Waals surface area contributed by atoms with Crippen LogP contribution < -0.4 is 9.47 Å². The number of halogens is 4. The lowest BCUT2D eigenvalue weighted by Gasteiger charge is -2.28. The molecule has 8 nitrogen and oxygen atoms in total. The molecule has 3 aromatic rings. The summed E-state index contributed by atoms with van der Waals surface area (Å²) in [6, 6.07) is 6.95. The molecule has 0 spiro atoms. The van der Waals surface area contributed by atoms with Gasteiger partial charge in [0.1, 0.15) is 23.2 Å². The number of benzene rings is 1. The van der Waals surface area contributed by atoms with Crippen LogP contribution in [-0.4, -0.2) is 52.0 Å². The zero-order chi connectivity index (χ0) is 24.5. The fraction of sp³-hybridized carbons (Fsp3) is 0.273. The number of carbonyl (C=O) groups is 1. The maximum Gasteiger partial charge on any atom is 0.422 e. The van der Waals surface area contributed by atoms with E-state index < -0.39 is 24.5 Å². The number of methoxy groups -OCH3 is 1. The van der Waals surface area contributed by atoms with Crippen molar-refractivity contribution >= 4 is 5.91 Å². The van der Waals surface area contributed by atoms with Gasteiger partial charge in [0.2, 0.25) is 0 Å². The largest absolute Gasteiger partial charge is 0.494 e. The van der Waals surface area contributed by atoms with E-state index >= 15 is 0 Å². The van der Waals surface area contributed by atoms with Crippen LogP contribution in [0, 0.1) is 17.1 Å². The Labute approximate surface area is 190 Å². The van der Waals surface area contributed by atoms with E-state index in [1.165, 1.54) is 34.9 Å². The predicted octanol–water partition coefficient (Wildman–Crippen LogP) is 3.43. The summed E-state index contributed by atoms with van der Waals surface area (Å²) in [6.07, 6.45) is -1.54. The first-order valence-electron chi connectivity index (χ1n) is 9.99. The summed E-state index contributed by atoms with van der Waals surface area (Å²) in [6.45, 7) is -1.28. The molecule has 0 saturated heterocycles. The molecule has 1 aromatic carbocycles. The Morgan fingerprint density at radius 2 is 2.06 bits per heavy atom. The number of alkyl halides is 3. The van der Waals surface area contributed by atoms with Gasteiger partial charge in [0.15, 0.2) is 18.2 Å². The average molecular weight is 475 g/mol. The van der Waals surface area contributed by atoms with Crippen molar-refractivity contribution in [2.75, 3.05) is 20.3 Å². The molecule has 0 unspecified atom stereocenters. The summed E-state index contributed by atoms with van der Waals surface area (Å²) in [5, 5.41) is 13.8. The van der Waals surface area contributed by atoms with Crippen LogP contribution in [0.1, 0.15) is 27.2 Å². The molecule has 0 radical (unpaired) electrons. The Morgan fingerprint density at radius 1 is 1.26 bits per heavy atom. The lowest BCUT2D eigenvalue weighted by molar-refractivity contribution is -0.153. The van der Waals surface area contributed by atoms with Gasteiger partial charge in [-0.3, -0.25) is 4.79 Å². The fourth-order valence-corrected chi connectivity index (χ4v) is 3.61. The topological polar surface area (TPSA) is 93.3 Å². The van der Waals surface area contributed by atoms with Crippen molar-refractivity contribution in [2.24, 2.45) is 0 Å². The van der Waals surface area contributed by atoms with E-state index in [1.807, 2.05) is 6.07 Å². The van der Waals surface area contributed by atoms with Crippen molar-refractivity contribution in [3.63, 3.8) is 0 Å². The zero-order valence-electron chi connectivity index (χ0n) is 17.8. The molecule has 0 atom stereocenters. The summed E-state index contributed by atoms with van der Waals surface area (Å²) in [4.78, 5) is 18.8. The highest BCUT2D eigenvalue weighted by Gasteiger charge is 2.33. The number of hydrogen-bond acceptors (Lipinski definition) is 6. The number of rotatable bonds is 5. The Balaban J connectivity index is 1.64. The minimum Gasteiger partial charge on any atom is -0.494 e. The predicted molar refractivity (Wildman–Crippen MR) is 109 cm³/mol. The number of carbonyl (C=O) groups excluding carboxylic acids is 1. The second-order valence-corrected chi connectivity index (χ2v) is 7.39. The van der Waals surface area contributed by atoms with Gasteiger partial charge in [-0.2, -0.15) is 23.5 Å². The van der Waals surface area contributed by atoms with Crippen LogP contribution in [0.5, 0.6) is 11.5 Å². The molecular formula is C22H17F4N5O3. The van der Waals surface area contributed by atoms with Gasteiger partial charge in [0.05, 0.1) is 24.6 Å². The minimum atomic E-state index is -4.62. The second kappa shape index (κ2) is 9.01. The fourth-order valence-electron chi connectivity index (χ4n) is 3.61. The van der Waals surface area contributed by atoms with E-state index in [1.54, 1.807) is 6.20 Å². The molecule has 12 heteroatoms. The van der Waals surface area contributed by atoms with Crippen LogP contribution in [0.4, 0.5) is 17.6 Å². The number of nitriles is 1. The van der Waals surface area contributed by atoms with Gasteiger partial charge >= 0.3 is 6.18 Å². The summed E-state index contributed by atoms with van der Waals surface area (Å²) in [7, 11) is 1.22. The molecule has 3 heterocycles. The molecular weight excluding hydrogens is 458 g/mol. The van der Waals surface area contributed by atoms with Crippen LogP contribution in [0.25, 0.3) is 5.82 Å². The lowest BCUT2D eigenvalue weighted by Crippen LogP contribution is -2.36. The number of amides is 1. The molecule has 0 fully saturated rings. The highest BCUT2D eigenvalue weighted by molar-refractivity contribution is 6.00. The Morgan fingerprint density at radius 3 is 2.71 bits per heavy atom. The second-order valence-electron chi connectivity index (χ2n) is 7.39. The van der Waals surface area contributed by atoms with Crippen molar-refractivity contribution in [2.45, 2.75) is 19.1 Å². The van der Waals surface area contributed by atoms with Crippen LogP contribution in [0.3, 0.4) is 0 Å². The van der Waals surface area contributed by atoms with Gasteiger partial charge in [-0.25, -0.2) is 14.1 Å². The highest BCUT2D eigenvalue weighted by atomic mass is 19.4.